The first-order valence-corrected chi connectivity index (χ1v) is 8.67. The van der Waals surface area contributed by atoms with Crippen molar-refractivity contribution in [1.29, 1.82) is 0 Å². The van der Waals surface area contributed by atoms with Crippen LogP contribution in [0.4, 0.5) is 5.69 Å². The van der Waals surface area contributed by atoms with Crippen LogP contribution in [0.2, 0.25) is 0 Å². The molecule has 0 saturated heterocycles. The van der Waals surface area contributed by atoms with Crippen LogP contribution >= 0.6 is 15.9 Å². The van der Waals surface area contributed by atoms with E-state index >= 15 is 0 Å². The number of nitro groups is 1. The summed E-state index contributed by atoms with van der Waals surface area (Å²) < 4.78 is 3.62. The number of nitro benzene ring substituents is 1. The van der Waals surface area contributed by atoms with Gasteiger partial charge in [0.1, 0.15) is 5.69 Å². The second kappa shape index (κ2) is 7.60. The summed E-state index contributed by atoms with van der Waals surface area (Å²) in [6.07, 6.45) is 1.70. The van der Waals surface area contributed by atoms with E-state index < -0.39 is 16.7 Å². The minimum absolute atomic E-state index is 0.0279. The Hall–Kier alpha value is -3.54. The molecule has 0 unspecified atom stereocenters. The van der Waals surface area contributed by atoms with E-state index in [0.29, 0.717) is 17.1 Å². The molecular formula is C16H14BrN7O4. The van der Waals surface area contributed by atoms with Crippen molar-refractivity contribution >= 4 is 33.4 Å². The summed E-state index contributed by atoms with van der Waals surface area (Å²) in [4.78, 5) is 34.9. The predicted molar refractivity (Wildman–Crippen MR) is 101 cm³/mol. The van der Waals surface area contributed by atoms with Gasteiger partial charge in [-0.3, -0.25) is 30.6 Å². The summed E-state index contributed by atoms with van der Waals surface area (Å²) in [5, 5.41) is 18.6. The number of halogens is 1. The summed E-state index contributed by atoms with van der Waals surface area (Å²) in [5.41, 5.74) is 5.52. The standard InChI is InChI=1S/C16H14BrN7O4/c1-9-14(16(26)20-19-15(25)13-6-10(17)8-22(13)2)18-21-23(9)11-4-3-5-12(7-11)24(27)28/h3-8H,1-2H3,(H,19,25)(H,20,26). The molecule has 3 aromatic rings. The lowest BCUT2D eigenvalue weighted by molar-refractivity contribution is -0.384. The minimum Gasteiger partial charge on any atom is -0.345 e. The molecule has 0 fully saturated rings. The molecule has 0 bridgehead atoms. The summed E-state index contributed by atoms with van der Waals surface area (Å²) in [6, 6.07) is 7.38. The van der Waals surface area contributed by atoms with Crippen LogP contribution in [-0.4, -0.2) is 36.3 Å². The Balaban J connectivity index is 1.75. The van der Waals surface area contributed by atoms with E-state index in [0.717, 1.165) is 4.47 Å². The minimum atomic E-state index is -0.671. The van der Waals surface area contributed by atoms with Gasteiger partial charge < -0.3 is 4.57 Å². The first-order chi connectivity index (χ1) is 13.3. The number of rotatable bonds is 4. The van der Waals surface area contributed by atoms with Crippen molar-refractivity contribution in [2.75, 3.05) is 0 Å². The normalized spacial score (nSPS) is 10.5. The number of hydrogen-bond acceptors (Lipinski definition) is 6. The molecule has 2 N–H and O–H groups in total. The van der Waals surface area contributed by atoms with E-state index in [2.05, 4.69) is 37.1 Å². The van der Waals surface area contributed by atoms with E-state index in [4.69, 9.17) is 0 Å². The monoisotopic (exact) mass is 447 g/mol. The van der Waals surface area contributed by atoms with Crippen molar-refractivity contribution in [3.63, 3.8) is 0 Å². The smallest absolute Gasteiger partial charge is 0.292 e. The zero-order valence-corrected chi connectivity index (χ0v) is 16.3. The highest BCUT2D eigenvalue weighted by Gasteiger charge is 2.20. The lowest BCUT2D eigenvalue weighted by Crippen LogP contribution is -2.42. The topological polar surface area (TPSA) is 137 Å². The highest BCUT2D eigenvalue weighted by atomic mass is 79.9. The molecule has 2 aromatic heterocycles. The van der Waals surface area contributed by atoms with Crippen LogP contribution < -0.4 is 10.9 Å². The molecule has 0 aliphatic carbocycles. The number of hydrogen-bond donors (Lipinski definition) is 2. The number of nitrogens with one attached hydrogen (secondary N) is 2. The highest BCUT2D eigenvalue weighted by molar-refractivity contribution is 9.10. The van der Waals surface area contributed by atoms with Crippen LogP contribution in [0.15, 0.2) is 41.0 Å². The van der Waals surface area contributed by atoms with Gasteiger partial charge in [0.05, 0.1) is 16.3 Å². The van der Waals surface area contributed by atoms with E-state index in [1.165, 1.54) is 22.9 Å². The third kappa shape index (κ3) is 3.76. The van der Waals surface area contributed by atoms with Gasteiger partial charge in [-0.25, -0.2) is 4.68 Å². The first kappa shape index (κ1) is 19.2. The number of carbonyl (C=O) groups excluding carboxylic acids is 2. The van der Waals surface area contributed by atoms with E-state index in [1.807, 2.05) is 0 Å². The summed E-state index contributed by atoms with van der Waals surface area (Å²) in [7, 11) is 1.69. The zero-order chi connectivity index (χ0) is 20.4. The van der Waals surface area contributed by atoms with Crippen molar-refractivity contribution in [1.82, 2.24) is 30.4 Å². The number of amides is 2. The second-order valence-electron chi connectivity index (χ2n) is 5.77. The predicted octanol–water partition coefficient (Wildman–Crippen LogP) is 1.66. The number of aromatic nitrogens is 4. The Kier molecular flexibility index (Phi) is 5.22. The average molecular weight is 448 g/mol. The van der Waals surface area contributed by atoms with Crippen molar-refractivity contribution < 1.29 is 14.5 Å². The zero-order valence-electron chi connectivity index (χ0n) is 14.7. The molecule has 0 aliphatic heterocycles. The molecule has 2 amide bonds. The number of aryl methyl sites for hydroxylation is 1. The quantitative estimate of drug-likeness (QED) is 0.460. The fraction of sp³-hybridized carbons (Fsp3) is 0.125. The van der Waals surface area contributed by atoms with Crippen LogP contribution in [0.3, 0.4) is 0 Å². The van der Waals surface area contributed by atoms with E-state index in [9.17, 15) is 19.7 Å². The van der Waals surface area contributed by atoms with Crippen LogP contribution in [0.5, 0.6) is 0 Å². The van der Waals surface area contributed by atoms with Crippen molar-refractivity contribution in [2.45, 2.75) is 6.92 Å². The molecule has 3 rings (SSSR count). The third-order valence-corrected chi connectivity index (χ3v) is 4.32. The van der Waals surface area contributed by atoms with Gasteiger partial charge in [-0.2, -0.15) is 0 Å². The second-order valence-corrected chi connectivity index (χ2v) is 6.69. The molecule has 2 heterocycles. The maximum absolute atomic E-state index is 12.3. The number of hydrazine groups is 1. The largest absolute Gasteiger partial charge is 0.345 e. The van der Waals surface area contributed by atoms with Crippen molar-refractivity contribution in [3.8, 4) is 5.69 Å². The Bertz CT molecular complexity index is 1090. The molecule has 144 valence electrons. The van der Waals surface area contributed by atoms with Gasteiger partial charge in [0.25, 0.3) is 17.5 Å². The Morgan fingerprint density at radius 2 is 1.93 bits per heavy atom. The molecule has 0 atom stereocenters. The lowest BCUT2D eigenvalue weighted by Gasteiger charge is -2.07. The van der Waals surface area contributed by atoms with Crippen LogP contribution in [-0.2, 0) is 7.05 Å². The van der Waals surface area contributed by atoms with Crippen LogP contribution in [0, 0.1) is 17.0 Å². The highest BCUT2D eigenvalue weighted by Crippen LogP contribution is 2.18. The van der Waals surface area contributed by atoms with Gasteiger partial charge in [-0.05, 0) is 35.0 Å². The van der Waals surface area contributed by atoms with Gasteiger partial charge in [-0.15, -0.1) is 5.10 Å². The van der Waals surface area contributed by atoms with Gasteiger partial charge in [0.2, 0.25) is 0 Å². The molecule has 0 aliphatic rings. The maximum Gasteiger partial charge on any atom is 0.292 e. The number of benzene rings is 1. The van der Waals surface area contributed by atoms with Crippen molar-refractivity contribution in [2.24, 2.45) is 7.05 Å². The summed E-state index contributed by atoms with van der Waals surface area (Å²) in [6.45, 7) is 1.59. The molecule has 0 saturated carbocycles. The molecule has 12 heteroatoms. The molecule has 0 radical (unpaired) electrons. The van der Waals surface area contributed by atoms with Gasteiger partial charge in [-0.1, -0.05) is 11.3 Å². The number of non-ortho nitro benzene ring substituents is 1. The molecular weight excluding hydrogens is 434 g/mol. The van der Waals surface area contributed by atoms with Gasteiger partial charge in [0, 0.05) is 29.8 Å². The van der Waals surface area contributed by atoms with Crippen LogP contribution in [0.25, 0.3) is 5.69 Å². The SMILES string of the molecule is Cc1c(C(=O)NNC(=O)c2cc(Br)cn2C)nnn1-c1cccc([N+](=O)[O-])c1. The maximum atomic E-state index is 12.3. The third-order valence-electron chi connectivity index (χ3n) is 3.89. The first-order valence-electron chi connectivity index (χ1n) is 7.87. The number of carbonyl (C=O) groups is 2. The molecule has 1 aromatic carbocycles. The summed E-state index contributed by atoms with van der Waals surface area (Å²) in [5.74, 6) is -1.18. The molecule has 0 spiro atoms. The Morgan fingerprint density at radius 1 is 1.21 bits per heavy atom. The van der Waals surface area contributed by atoms with E-state index in [1.54, 1.807) is 36.9 Å². The molecule has 28 heavy (non-hydrogen) atoms. The molecule has 11 nitrogen and oxygen atoms in total. The Labute approximate surface area is 166 Å². The summed E-state index contributed by atoms with van der Waals surface area (Å²) >= 11 is 3.27. The fourth-order valence-electron chi connectivity index (χ4n) is 2.51. The van der Waals surface area contributed by atoms with Crippen molar-refractivity contribution in [3.05, 3.63) is 68.2 Å². The van der Waals surface area contributed by atoms with Crippen LogP contribution in [0.1, 0.15) is 26.7 Å². The number of nitrogens with zero attached hydrogens (tertiary/aromatic N) is 5. The van der Waals surface area contributed by atoms with Gasteiger partial charge in [0.15, 0.2) is 5.69 Å². The average Bonchev–Trinajstić information content (AvgIpc) is 3.21. The fourth-order valence-corrected chi connectivity index (χ4v) is 3.03. The van der Waals surface area contributed by atoms with Gasteiger partial charge >= 0.3 is 0 Å². The Morgan fingerprint density at radius 3 is 2.57 bits per heavy atom. The lowest BCUT2D eigenvalue weighted by atomic mass is 10.2. The van der Waals surface area contributed by atoms with E-state index in [-0.39, 0.29) is 11.4 Å².